The molecule has 1 N–H and O–H groups in total. The minimum atomic E-state index is -4.30. The van der Waals surface area contributed by atoms with Crippen molar-refractivity contribution >= 4 is 5.69 Å². The minimum absolute atomic E-state index is 0.346. The van der Waals surface area contributed by atoms with Gasteiger partial charge in [0.25, 0.3) is 0 Å². The van der Waals surface area contributed by atoms with Gasteiger partial charge in [0.2, 0.25) is 0 Å². The zero-order valence-electron chi connectivity index (χ0n) is 9.07. The van der Waals surface area contributed by atoms with E-state index >= 15 is 0 Å². The Labute approximate surface area is 92.7 Å². The van der Waals surface area contributed by atoms with E-state index in [-0.39, 0.29) is 0 Å². The third-order valence-electron chi connectivity index (χ3n) is 2.11. The van der Waals surface area contributed by atoms with E-state index in [1.54, 1.807) is 13.8 Å². The van der Waals surface area contributed by atoms with Crippen LogP contribution in [0.1, 0.15) is 18.1 Å². The van der Waals surface area contributed by atoms with E-state index in [0.717, 1.165) is 17.7 Å². The lowest BCUT2D eigenvalue weighted by Gasteiger charge is -2.11. The Morgan fingerprint density at radius 1 is 1.31 bits per heavy atom. The van der Waals surface area contributed by atoms with E-state index < -0.39 is 11.7 Å². The largest absolute Gasteiger partial charge is 0.416 e. The van der Waals surface area contributed by atoms with Crippen LogP contribution in [0.2, 0.25) is 0 Å². The van der Waals surface area contributed by atoms with Crippen LogP contribution in [0.4, 0.5) is 18.9 Å². The van der Waals surface area contributed by atoms with E-state index in [2.05, 4.69) is 17.2 Å². The maximum atomic E-state index is 12.4. The number of anilines is 1. The Morgan fingerprint density at radius 3 is 2.56 bits per heavy atom. The molecule has 0 aliphatic rings. The summed E-state index contributed by atoms with van der Waals surface area (Å²) in [7, 11) is 0. The van der Waals surface area contributed by atoms with Crippen molar-refractivity contribution in [1.82, 2.24) is 0 Å². The maximum absolute atomic E-state index is 12.4. The minimum Gasteiger partial charge on any atom is -0.374 e. The van der Waals surface area contributed by atoms with Gasteiger partial charge in [0, 0.05) is 5.69 Å². The van der Waals surface area contributed by atoms with E-state index in [1.807, 2.05) is 0 Å². The first-order valence-corrected chi connectivity index (χ1v) is 4.76. The van der Waals surface area contributed by atoms with Crippen molar-refractivity contribution in [2.24, 2.45) is 0 Å². The molecule has 1 nitrogen and oxygen atoms in total. The van der Waals surface area contributed by atoms with Gasteiger partial charge in [-0.05, 0) is 31.5 Å². The van der Waals surface area contributed by atoms with Crippen molar-refractivity contribution in [3.8, 4) is 11.8 Å². The van der Waals surface area contributed by atoms with Crippen LogP contribution in [0.25, 0.3) is 0 Å². The van der Waals surface area contributed by atoms with Crippen molar-refractivity contribution in [2.45, 2.75) is 20.0 Å². The van der Waals surface area contributed by atoms with Gasteiger partial charge in [-0.25, -0.2) is 0 Å². The van der Waals surface area contributed by atoms with Crippen LogP contribution >= 0.6 is 0 Å². The Balaban J connectivity index is 2.93. The predicted octanol–water partition coefficient (Wildman–Crippen LogP) is 3.45. The highest BCUT2D eigenvalue weighted by atomic mass is 19.4. The molecule has 0 amide bonds. The van der Waals surface area contributed by atoms with Gasteiger partial charge in [-0.1, -0.05) is 12.0 Å². The van der Waals surface area contributed by atoms with Crippen LogP contribution in [0.3, 0.4) is 0 Å². The van der Waals surface area contributed by atoms with E-state index in [0.29, 0.717) is 12.2 Å². The highest BCUT2D eigenvalue weighted by Gasteiger charge is 2.30. The molecule has 0 unspecified atom stereocenters. The lowest BCUT2D eigenvalue weighted by Crippen LogP contribution is -2.07. The van der Waals surface area contributed by atoms with Gasteiger partial charge in [0.05, 0.1) is 12.1 Å². The molecule has 0 aliphatic heterocycles. The molecule has 0 heterocycles. The standard InChI is InChI=1S/C12H12F3N/c1-3-4-7-16-11-8-10(12(13,14)15)6-5-9(11)2/h5-6,8,16H,7H2,1-2H3. The summed E-state index contributed by atoms with van der Waals surface area (Å²) < 4.78 is 37.3. The molecule has 4 heteroatoms. The summed E-state index contributed by atoms with van der Waals surface area (Å²) in [6, 6.07) is 3.63. The average molecular weight is 227 g/mol. The normalized spacial score (nSPS) is 10.6. The average Bonchev–Trinajstić information content (AvgIpc) is 2.19. The number of benzene rings is 1. The van der Waals surface area contributed by atoms with Gasteiger partial charge in [-0.2, -0.15) is 13.2 Å². The molecule has 0 spiro atoms. The van der Waals surface area contributed by atoms with Crippen LogP contribution < -0.4 is 5.32 Å². The second-order valence-corrected chi connectivity index (χ2v) is 3.31. The van der Waals surface area contributed by atoms with Crippen molar-refractivity contribution in [1.29, 1.82) is 0 Å². The number of nitrogens with one attached hydrogen (secondary N) is 1. The molecule has 16 heavy (non-hydrogen) atoms. The summed E-state index contributed by atoms with van der Waals surface area (Å²) in [5.41, 5.74) is 0.591. The number of hydrogen-bond acceptors (Lipinski definition) is 1. The molecule has 0 saturated heterocycles. The highest BCUT2D eigenvalue weighted by Crippen LogP contribution is 2.31. The fraction of sp³-hybridized carbons (Fsp3) is 0.333. The summed E-state index contributed by atoms with van der Waals surface area (Å²) >= 11 is 0. The molecule has 0 aromatic heterocycles. The molecule has 0 fully saturated rings. The first kappa shape index (κ1) is 12.4. The Morgan fingerprint density at radius 2 is 2.00 bits per heavy atom. The van der Waals surface area contributed by atoms with Crippen LogP contribution in [0.15, 0.2) is 18.2 Å². The van der Waals surface area contributed by atoms with Crippen LogP contribution in [-0.4, -0.2) is 6.54 Å². The number of aryl methyl sites for hydroxylation is 1. The molecule has 1 rings (SSSR count). The molecule has 1 aromatic carbocycles. The maximum Gasteiger partial charge on any atom is 0.416 e. The van der Waals surface area contributed by atoms with Gasteiger partial charge in [0.15, 0.2) is 0 Å². The van der Waals surface area contributed by atoms with Crippen LogP contribution in [0.5, 0.6) is 0 Å². The lowest BCUT2D eigenvalue weighted by molar-refractivity contribution is -0.137. The second kappa shape index (κ2) is 4.93. The quantitative estimate of drug-likeness (QED) is 0.763. The monoisotopic (exact) mass is 227 g/mol. The fourth-order valence-corrected chi connectivity index (χ4v) is 1.22. The van der Waals surface area contributed by atoms with Crippen LogP contribution in [0, 0.1) is 18.8 Å². The van der Waals surface area contributed by atoms with Gasteiger partial charge >= 0.3 is 6.18 Å². The van der Waals surface area contributed by atoms with E-state index in [1.165, 1.54) is 6.07 Å². The van der Waals surface area contributed by atoms with Crippen molar-refractivity contribution in [2.75, 3.05) is 11.9 Å². The summed E-state index contributed by atoms with van der Waals surface area (Å²) in [5, 5.41) is 2.85. The second-order valence-electron chi connectivity index (χ2n) is 3.31. The molecular formula is C12H12F3N. The van der Waals surface area contributed by atoms with Gasteiger partial charge in [-0.15, -0.1) is 5.92 Å². The number of alkyl halides is 3. The van der Waals surface area contributed by atoms with Crippen molar-refractivity contribution in [3.63, 3.8) is 0 Å². The smallest absolute Gasteiger partial charge is 0.374 e. The number of hydrogen-bond donors (Lipinski definition) is 1. The first-order chi connectivity index (χ1) is 7.45. The molecule has 1 aromatic rings. The zero-order chi connectivity index (χ0) is 12.2. The third kappa shape index (κ3) is 3.20. The molecule has 0 saturated carbocycles. The Kier molecular flexibility index (Phi) is 3.83. The summed E-state index contributed by atoms with van der Waals surface area (Å²) in [6.07, 6.45) is -4.30. The molecular weight excluding hydrogens is 215 g/mol. The molecule has 0 atom stereocenters. The number of halogens is 3. The fourth-order valence-electron chi connectivity index (χ4n) is 1.22. The summed E-state index contributed by atoms with van der Waals surface area (Å²) in [5.74, 6) is 5.41. The topological polar surface area (TPSA) is 12.0 Å². The van der Waals surface area contributed by atoms with E-state index in [9.17, 15) is 13.2 Å². The lowest BCUT2D eigenvalue weighted by atomic mass is 10.1. The van der Waals surface area contributed by atoms with Gasteiger partial charge in [0.1, 0.15) is 0 Å². The first-order valence-electron chi connectivity index (χ1n) is 4.76. The third-order valence-corrected chi connectivity index (χ3v) is 2.11. The van der Waals surface area contributed by atoms with Gasteiger partial charge in [-0.3, -0.25) is 0 Å². The van der Waals surface area contributed by atoms with Crippen LogP contribution in [-0.2, 0) is 6.18 Å². The van der Waals surface area contributed by atoms with Crippen molar-refractivity contribution < 1.29 is 13.2 Å². The SMILES string of the molecule is CC#CCNc1cc(C(F)(F)F)ccc1C. The molecule has 86 valence electrons. The molecule has 0 bridgehead atoms. The summed E-state index contributed by atoms with van der Waals surface area (Å²) in [4.78, 5) is 0. The predicted molar refractivity (Wildman–Crippen MR) is 58.1 cm³/mol. The molecule has 0 radical (unpaired) electrons. The Bertz CT molecular complexity index is 424. The molecule has 0 aliphatic carbocycles. The zero-order valence-corrected chi connectivity index (χ0v) is 9.07. The summed E-state index contributed by atoms with van der Waals surface area (Å²) in [6.45, 7) is 3.78. The number of rotatable bonds is 2. The highest BCUT2D eigenvalue weighted by molar-refractivity contribution is 5.53. The van der Waals surface area contributed by atoms with Gasteiger partial charge < -0.3 is 5.32 Å². The van der Waals surface area contributed by atoms with E-state index in [4.69, 9.17) is 0 Å². The Hall–Kier alpha value is -1.63. The van der Waals surface area contributed by atoms with Crippen molar-refractivity contribution in [3.05, 3.63) is 29.3 Å².